The molecule has 0 unspecified atom stereocenters. The number of carbonyl (C=O) groups is 1. The average Bonchev–Trinajstić information content (AvgIpc) is 3.09. The maximum atomic E-state index is 12.4. The lowest BCUT2D eigenvalue weighted by Gasteiger charge is -2.24. The molecule has 1 atom stereocenters. The van der Waals surface area contributed by atoms with Crippen LogP contribution >= 0.6 is 11.3 Å². The van der Waals surface area contributed by atoms with Crippen LogP contribution in [0.25, 0.3) is 6.08 Å². The Morgan fingerprint density at radius 2 is 2.24 bits per heavy atom. The molecule has 1 aromatic heterocycles. The number of hydrogen-bond donors (Lipinski definition) is 1. The van der Waals surface area contributed by atoms with E-state index in [0.717, 1.165) is 36.5 Å². The van der Waals surface area contributed by atoms with Crippen LogP contribution in [0.2, 0.25) is 0 Å². The van der Waals surface area contributed by atoms with E-state index < -0.39 is 0 Å². The van der Waals surface area contributed by atoms with Crippen molar-refractivity contribution >= 4 is 23.3 Å². The van der Waals surface area contributed by atoms with Gasteiger partial charge in [0, 0.05) is 36.6 Å². The van der Waals surface area contributed by atoms with Gasteiger partial charge in [-0.25, -0.2) is 0 Å². The first-order valence-corrected chi connectivity index (χ1v) is 8.53. The number of hydrogen-bond acceptors (Lipinski definition) is 4. The highest BCUT2D eigenvalue weighted by Gasteiger charge is 2.29. The van der Waals surface area contributed by atoms with Gasteiger partial charge >= 0.3 is 0 Å². The van der Waals surface area contributed by atoms with Crippen LogP contribution in [0.5, 0.6) is 0 Å². The molecular formula is C16H22N2O2S. The highest BCUT2D eigenvalue weighted by molar-refractivity contribution is 7.11. The Balaban J connectivity index is 1.61. The maximum Gasteiger partial charge on any atom is 0.246 e. The lowest BCUT2D eigenvalue weighted by Crippen LogP contribution is -2.38. The minimum atomic E-state index is 0.0575. The van der Waals surface area contributed by atoms with Crippen molar-refractivity contribution in [2.45, 2.75) is 31.9 Å². The van der Waals surface area contributed by atoms with Crippen molar-refractivity contribution in [2.75, 3.05) is 26.2 Å². The van der Waals surface area contributed by atoms with Crippen LogP contribution < -0.4 is 0 Å². The third-order valence-corrected chi connectivity index (χ3v) is 5.31. The molecule has 21 heavy (non-hydrogen) atoms. The number of thiophene rings is 1. The summed E-state index contributed by atoms with van der Waals surface area (Å²) in [6.45, 7) is 4.12. The van der Waals surface area contributed by atoms with Crippen molar-refractivity contribution in [3.63, 3.8) is 0 Å². The Morgan fingerprint density at radius 3 is 3.05 bits per heavy atom. The summed E-state index contributed by atoms with van der Waals surface area (Å²) in [6, 6.07) is 2.49. The van der Waals surface area contributed by atoms with E-state index >= 15 is 0 Å². The van der Waals surface area contributed by atoms with Gasteiger partial charge in [-0.3, -0.25) is 9.69 Å². The third kappa shape index (κ3) is 3.54. The summed E-state index contributed by atoms with van der Waals surface area (Å²) in [6.07, 6.45) is 7.10. The summed E-state index contributed by atoms with van der Waals surface area (Å²) < 4.78 is 0. The summed E-state index contributed by atoms with van der Waals surface area (Å²) in [5.41, 5.74) is 0.906. The molecular weight excluding hydrogens is 284 g/mol. The Kier molecular flexibility index (Phi) is 4.73. The molecule has 0 aromatic carbocycles. The average molecular weight is 306 g/mol. The second-order valence-corrected chi connectivity index (χ2v) is 6.76. The van der Waals surface area contributed by atoms with Crippen LogP contribution in [-0.2, 0) is 11.4 Å². The Morgan fingerprint density at radius 1 is 1.38 bits per heavy atom. The van der Waals surface area contributed by atoms with Crippen LogP contribution in [0, 0.1) is 0 Å². The van der Waals surface area contributed by atoms with Crippen molar-refractivity contribution in [1.82, 2.24) is 9.80 Å². The maximum absolute atomic E-state index is 12.4. The predicted molar refractivity (Wildman–Crippen MR) is 85.1 cm³/mol. The van der Waals surface area contributed by atoms with Gasteiger partial charge in [0.25, 0.3) is 0 Å². The van der Waals surface area contributed by atoms with Gasteiger partial charge < -0.3 is 10.0 Å². The smallest absolute Gasteiger partial charge is 0.246 e. The van der Waals surface area contributed by atoms with Crippen LogP contribution in [0.3, 0.4) is 0 Å². The molecule has 0 bridgehead atoms. The van der Waals surface area contributed by atoms with E-state index in [9.17, 15) is 4.79 Å². The molecule has 1 amide bonds. The Labute approximate surface area is 129 Å². The fourth-order valence-corrected chi connectivity index (χ4v) is 4.03. The van der Waals surface area contributed by atoms with Crippen molar-refractivity contribution in [3.8, 4) is 0 Å². The first-order valence-electron chi connectivity index (χ1n) is 7.65. The molecule has 2 aliphatic rings. The Hall–Kier alpha value is -1.17. The number of nitrogens with zero attached hydrogens (tertiary/aromatic N) is 2. The van der Waals surface area contributed by atoms with Gasteiger partial charge in [0.15, 0.2) is 0 Å². The summed E-state index contributed by atoms with van der Waals surface area (Å²) in [5, 5.41) is 11.0. The van der Waals surface area contributed by atoms with Crippen LogP contribution in [-0.4, -0.2) is 53.0 Å². The topological polar surface area (TPSA) is 43.8 Å². The summed E-state index contributed by atoms with van der Waals surface area (Å²) in [5.74, 6) is 0.114. The third-order valence-electron chi connectivity index (χ3n) is 4.36. The predicted octanol–water partition coefficient (Wildman–Crippen LogP) is 1.95. The van der Waals surface area contributed by atoms with Crippen LogP contribution in [0.1, 0.15) is 29.7 Å². The van der Waals surface area contributed by atoms with Crippen LogP contribution in [0.4, 0.5) is 0 Å². The highest BCUT2D eigenvalue weighted by atomic mass is 32.1. The SMILES string of the molecule is O=C(C=Cc1cc(CO)cs1)N1CCCN2CCC[C@H]2C1. The number of amides is 1. The molecule has 4 nitrogen and oxygen atoms in total. The molecule has 0 saturated carbocycles. The van der Waals surface area contributed by atoms with Crippen molar-refractivity contribution < 1.29 is 9.90 Å². The molecule has 2 saturated heterocycles. The largest absolute Gasteiger partial charge is 0.392 e. The molecule has 114 valence electrons. The van der Waals surface area contributed by atoms with E-state index in [0.29, 0.717) is 6.04 Å². The van der Waals surface area contributed by atoms with E-state index in [4.69, 9.17) is 5.11 Å². The second-order valence-electron chi connectivity index (χ2n) is 5.82. The van der Waals surface area contributed by atoms with Gasteiger partial charge in [-0.2, -0.15) is 0 Å². The summed E-state index contributed by atoms with van der Waals surface area (Å²) in [4.78, 5) is 17.9. The molecule has 3 rings (SSSR count). The number of rotatable bonds is 3. The zero-order valence-corrected chi connectivity index (χ0v) is 13.0. The molecule has 1 N–H and O–H groups in total. The van der Waals surface area contributed by atoms with E-state index in [1.54, 1.807) is 17.4 Å². The number of fused-ring (bicyclic) bond motifs is 1. The molecule has 2 fully saturated rings. The van der Waals surface area contributed by atoms with Gasteiger partial charge in [-0.15, -0.1) is 11.3 Å². The molecule has 3 heterocycles. The first-order chi connectivity index (χ1) is 10.3. The lowest BCUT2D eigenvalue weighted by molar-refractivity contribution is -0.126. The van der Waals surface area contributed by atoms with Gasteiger partial charge in [0.1, 0.15) is 0 Å². The summed E-state index contributed by atoms with van der Waals surface area (Å²) >= 11 is 1.56. The zero-order valence-electron chi connectivity index (χ0n) is 12.2. The highest BCUT2D eigenvalue weighted by Crippen LogP contribution is 2.22. The van der Waals surface area contributed by atoms with Gasteiger partial charge in [0.05, 0.1) is 6.61 Å². The summed E-state index contributed by atoms with van der Waals surface area (Å²) in [7, 11) is 0. The normalized spacial score (nSPS) is 23.5. The molecule has 0 radical (unpaired) electrons. The van der Waals surface area contributed by atoms with Crippen molar-refractivity contribution in [2.24, 2.45) is 0 Å². The minimum absolute atomic E-state index is 0.0575. The number of aliphatic hydroxyl groups is 1. The number of aliphatic hydroxyl groups excluding tert-OH is 1. The van der Waals surface area contributed by atoms with Gasteiger partial charge in [-0.05, 0) is 48.9 Å². The first kappa shape index (κ1) is 14.8. The Bertz CT molecular complexity index is 526. The minimum Gasteiger partial charge on any atom is -0.392 e. The fraction of sp³-hybridized carbons (Fsp3) is 0.562. The molecule has 5 heteroatoms. The zero-order chi connectivity index (χ0) is 14.7. The lowest BCUT2D eigenvalue weighted by atomic mass is 10.2. The second kappa shape index (κ2) is 6.73. The van der Waals surface area contributed by atoms with Crippen molar-refractivity contribution in [3.05, 3.63) is 28.0 Å². The molecule has 2 aliphatic heterocycles. The van der Waals surface area contributed by atoms with E-state index in [1.165, 1.54) is 19.4 Å². The monoisotopic (exact) mass is 306 g/mol. The quantitative estimate of drug-likeness (QED) is 0.868. The van der Waals surface area contributed by atoms with E-state index in [-0.39, 0.29) is 12.5 Å². The van der Waals surface area contributed by atoms with Crippen LogP contribution in [0.15, 0.2) is 17.5 Å². The van der Waals surface area contributed by atoms with E-state index in [2.05, 4.69) is 4.90 Å². The van der Waals surface area contributed by atoms with Gasteiger partial charge in [0.2, 0.25) is 5.91 Å². The molecule has 0 spiro atoms. The molecule has 0 aliphatic carbocycles. The molecule has 1 aromatic rings. The standard InChI is InChI=1S/C16H22N2O2S/c19-11-13-9-15(21-12-13)4-5-16(20)18-8-2-7-17-6-1-3-14(17)10-18/h4-5,9,12,14,19H,1-3,6-8,10-11H2/t14-/m0/s1. The fourth-order valence-electron chi connectivity index (χ4n) is 3.23. The van der Waals surface area contributed by atoms with Gasteiger partial charge in [-0.1, -0.05) is 0 Å². The van der Waals surface area contributed by atoms with E-state index in [1.807, 2.05) is 22.4 Å². The number of carbonyl (C=O) groups excluding carboxylic acids is 1. The van der Waals surface area contributed by atoms with Crippen molar-refractivity contribution in [1.29, 1.82) is 0 Å².